The van der Waals surface area contributed by atoms with Gasteiger partial charge in [-0.05, 0) is 12.3 Å². The highest BCUT2D eigenvalue weighted by Gasteiger charge is 2.06. The normalized spacial score (nSPS) is 13.6. The van der Waals surface area contributed by atoms with Gasteiger partial charge >= 0.3 is 9.15 Å². The molecule has 3 N–H and O–H groups in total. The van der Waals surface area contributed by atoms with E-state index in [1.165, 1.54) is 0 Å². The van der Waals surface area contributed by atoms with Gasteiger partial charge < -0.3 is 5.73 Å². The molecule has 0 aliphatic rings. The Bertz CT molecular complexity index is 285. The summed E-state index contributed by atoms with van der Waals surface area (Å²) in [6.07, 6.45) is 0.914. The number of hydrogen-bond donors (Lipinski definition) is 2. The van der Waals surface area contributed by atoms with Crippen molar-refractivity contribution in [3.05, 3.63) is 0 Å². The average Bonchev–Trinajstić information content (AvgIpc) is 1.99. The Morgan fingerprint density at radius 1 is 1.57 bits per heavy atom. The molecule has 0 bridgehead atoms. The zero-order valence-electron chi connectivity index (χ0n) is 8.30. The molecule has 0 atom stereocenters. The molecule has 0 saturated heterocycles. The van der Waals surface area contributed by atoms with Gasteiger partial charge in [0, 0.05) is 17.3 Å². The monoisotopic (exact) mass is 240 g/mol. The Hall–Kier alpha value is -0.270. The van der Waals surface area contributed by atoms with Crippen LogP contribution in [0.4, 0.5) is 0 Å². The maximum Gasteiger partial charge on any atom is 0.320 e. The van der Waals surface area contributed by atoms with E-state index >= 15 is 0 Å². The molecular formula is C7H16N2O3S2. The second-order valence-electron chi connectivity index (χ2n) is 3.25. The average molecular weight is 240 g/mol. The molecule has 0 rings (SSSR count). The lowest BCUT2D eigenvalue weighted by Gasteiger charge is -2.01. The Labute approximate surface area is 88.3 Å². The van der Waals surface area contributed by atoms with Crippen LogP contribution in [0, 0.1) is 5.92 Å². The van der Waals surface area contributed by atoms with Crippen LogP contribution in [0.15, 0.2) is 4.99 Å². The minimum Gasteiger partial charge on any atom is -0.387 e. The molecule has 0 aromatic carbocycles. The fourth-order valence-electron chi connectivity index (χ4n) is 0.647. The SMILES string of the molecule is CC(C)CCN=C(N)CSS(=O)(=O)O. The van der Waals surface area contributed by atoms with Gasteiger partial charge in [0.05, 0.1) is 5.75 Å². The molecule has 0 aliphatic heterocycles. The van der Waals surface area contributed by atoms with Crippen LogP contribution in [-0.4, -0.2) is 31.1 Å². The molecule has 0 unspecified atom stereocenters. The summed E-state index contributed by atoms with van der Waals surface area (Å²) in [7, 11) is -3.63. The van der Waals surface area contributed by atoms with Crippen molar-refractivity contribution in [3.8, 4) is 0 Å². The zero-order chi connectivity index (χ0) is 11.2. The fourth-order valence-corrected chi connectivity index (χ4v) is 1.82. The summed E-state index contributed by atoms with van der Waals surface area (Å²) >= 11 is 0. The molecule has 0 fully saturated rings. The zero-order valence-corrected chi connectivity index (χ0v) is 9.94. The van der Waals surface area contributed by atoms with Crippen molar-refractivity contribution in [1.82, 2.24) is 0 Å². The highest BCUT2D eigenvalue weighted by Crippen LogP contribution is 2.08. The second-order valence-corrected chi connectivity index (χ2v) is 6.60. The Morgan fingerprint density at radius 3 is 2.57 bits per heavy atom. The third kappa shape index (κ3) is 9.82. The van der Waals surface area contributed by atoms with E-state index in [9.17, 15) is 8.42 Å². The summed E-state index contributed by atoms with van der Waals surface area (Å²) in [4.78, 5) is 3.97. The molecule has 0 saturated carbocycles. The lowest BCUT2D eigenvalue weighted by molar-refractivity contribution is 0.503. The molecule has 0 radical (unpaired) electrons. The van der Waals surface area contributed by atoms with Gasteiger partial charge in [0.2, 0.25) is 0 Å². The van der Waals surface area contributed by atoms with Crippen molar-refractivity contribution in [2.45, 2.75) is 20.3 Å². The van der Waals surface area contributed by atoms with E-state index in [1.807, 2.05) is 0 Å². The lowest BCUT2D eigenvalue weighted by atomic mass is 10.1. The number of rotatable bonds is 6. The maximum absolute atomic E-state index is 10.3. The van der Waals surface area contributed by atoms with E-state index in [0.29, 0.717) is 23.3 Å². The molecule has 0 aromatic heterocycles. The molecule has 0 aromatic rings. The van der Waals surface area contributed by atoms with E-state index in [1.54, 1.807) is 0 Å². The van der Waals surface area contributed by atoms with Crippen molar-refractivity contribution in [2.75, 3.05) is 12.3 Å². The van der Waals surface area contributed by atoms with Gasteiger partial charge in [-0.3, -0.25) is 9.55 Å². The van der Waals surface area contributed by atoms with Crippen LogP contribution >= 0.6 is 10.8 Å². The predicted octanol–water partition coefficient (Wildman–Crippen LogP) is 0.926. The van der Waals surface area contributed by atoms with Gasteiger partial charge in [-0.1, -0.05) is 13.8 Å². The van der Waals surface area contributed by atoms with Crippen LogP contribution in [0.1, 0.15) is 20.3 Å². The molecule has 0 aliphatic carbocycles. The molecule has 7 heteroatoms. The van der Waals surface area contributed by atoms with Crippen molar-refractivity contribution < 1.29 is 13.0 Å². The first-order valence-electron chi connectivity index (χ1n) is 4.22. The number of nitrogens with zero attached hydrogens (tertiary/aromatic N) is 1. The molecule has 0 spiro atoms. The molecular weight excluding hydrogens is 224 g/mol. The summed E-state index contributed by atoms with van der Waals surface area (Å²) < 4.78 is 29.1. The minimum atomic E-state index is -4.00. The third-order valence-corrected chi connectivity index (χ3v) is 3.34. The first kappa shape index (κ1) is 13.7. The number of nitrogens with two attached hydrogens (primary N) is 1. The summed E-state index contributed by atoms with van der Waals surface area (Å²) in [5, 5.41) is 0. The smallest absolute Gasteiger partial charge is 0.320 e. The van der Waals surface area contributed by atoms with Gasteiger partial charge in [0.15, 0.2) is 0 Å². The Morgan fingerprint density at radius 2 is 2.14 bits per heavy atom. The number of aliphatic imine (C=N–C) groups is 1. The van der Waals surface area contributed by atoms with E-state index in [2.05, 4.69) is 18.8 Å². The third-order valence-electron chi connectivity index (χ3n) is 1.38. The first-order chi connectivity index (χ1) is 6.31. The van der Waals surface area contributed by atoms with Gasteiger partial charge in [0.25, 0.3) is 0 Å². The number of amidine groups is 1. The lowest BCUT2D eigenvalue weighted by Crippen LogP contribution is -2.16. The molecule has 5 nitrogen and oxygen atoms in total. The van der Waals surface area contributed by atoms with Gasteiger partial charge in [0.1, 0.15) is 5.84 Å². The van der Waals surface area contributed by atoms with E-state index in [0.717, 1.165) is 6.42 Å². The summed E-state index contributed by atoms with van der Waals surface area (Å²) in [6, 6.07) is 0. The summed E-state index contributed by atoms with van der Waals surface area (Å²) in [6.45, 7) is 4.73. The van der Waals surface area contributed by atoms with Crippen molar-refractivity contribution in [2.24, 2.45) is 16.6 Å². The topological polar surface area (TPSA) is 92.8 Å². The van der Waals surface area contributed by atoms with Crippen LogP contribution in [0.3, 0.4) is 0 Å². The van der Waals surface area contributed by atoms with Gasteiger partial charge in [-0.15, -0.1) is 0 Å². The van der Waals surface area contributed by atoms with Crippen molar-refractivity contribution in [1.29, 1.82) is 0 Å². The van der Waals surface area contributed by atoms with Crippen LogP contribution in [0.25, 0.3) is 0 Å². The van der Waals surface area contributed by atoms with E-state index < -0.39 is 9.15 Å². The standard InChI is InChI=1S/C7H16N2O3S2/c1-6(2)3-4-9-7(8)5-13-14(10,11)12/h6H,3-5H2,1-2H3,(H2,8,9)(H,10,11,12). The Balaban J connectivity index is 3.79. The van der Waals surface area contributed by atoms with Crippen LogP contribution in [0.2, 0.25) is 0 Å². The highest BCUT2D eigenvalue weighted by molar-refractivity contribution is 8.70. The predicted molar refractivity (Wildman–Crippen MR) is 60.0 cm³/mol. The summed E-state index contributed by atoms with van der Waals surface area (Å²) in [5.41, 5.74) is 5.42. The maximum atomic E-state index is 10.3. The summed E-state index contributed by atoms with van der Waals surface area (Å²) in [5.74, 6) is 0.797. The molecule has 0 amide bonds. The highest BCUT2D eigenvalue weighted by atomic mass is 33.1. The van der Waals surface area contributed by atoms with E-state index in [-0.39, 0.29) is 11.6 Å². The minimum absolute atomic E-state index is 0.0108. The van der Waals surface area contributed by atoms with Crippen LogP contribution < -0.4 is 5.73 Å². The van der Waals surface area contributed by atoms with Crippen LogP contribution in [-0.2, 0) is 9.15 Å². The van der Waals surface area contributed by atoms with Crippen LogP contribution in [0.5, 0.6) is 0 Å². The Kier molecular flexibility index (Phi) is 6.14. The fraction of sp³-hybridized carbons (Fsp3) is 0.857. The molecule has 0 heterocycles. The van der Waals surface area contributed by atoms with Crippen molar-refractivity contribution >= 4 is 25.8 Å². The molecule has 14 heavy (non-hydrogen) atoms. The number of hydrogen-bond acceptors (Lipinski definition) is 4. The van der Waals surface area contributed by atoms with E-state index in [4.69, 9.17) is 10.3 Å². The quantitative estimate of drug-likeness (QED) is 0.312. The van der Waals surface area contributed by atoms with Crippen molar-refractivity contribution in [3.63, 3.8) is 0 Å². The van der Waals surface area contributed by atoms with Gasteiger partial charge in [-0.25, -0.2) is 0 Å². The first-order valence-corrected chi connectivity index (χ1v) is 7.16. The molecule has 84 valence electrons. The second kappa shape index (κ2) is 6.26. The largest absolute Gasteiger partial charge is 0.387 e. The van der Waals surface area contributed by atoms with Gasteiger partial charge in [-0.2, -0.15) is 8.42 Å².